The molecule has 1 unspecified atom stereocenters. The minimum atomic E-state index is -4.53. The molecule has 1 aromatic carbocycles. The Morgan fingerprint density at radius 3 is 2.76 bits per heavy atom. The zero-order valence-corrected chi connectivity index (χ0v) is 13.4. The lowest BCUT2D eigenvalue weighted by Crippen LogP contribution is -2.38. The van der Waals surface area contributed by atoms with Crippen LogP contribution in [0.25, 0.3) is 0 Å². The van der Waals surface area contributed by atoms with Crippen LogP contribution in [0.4, 0.5) is 24.7 Å². The van der Waals surface area contributed by atoms with Gasteiger partial charge in [0.05, 0.1) is 11.1 Å². The van der Waals surface area contributed by atoms with Crippen molar-refractivity contribution < 1.29 is 18.0 Å². The van der Waals surface area contributed by atoms with Crippen LogP contribution in [0.2, 0.25) is 0 Å². The Hall–Kier alpha value is -2.64. The fourth-order valence-electron chi connectivity index (χ4n) is 3.69. The highest BCUT2D eigenvalue weighted by molar-refractivity contribution is 6.07. The SMILES string of the molecule is Cc1cc(C(F)(F)F)c(N2CCC3(C2)C(=O)Nc2ccccc23)nn1. The number of aryl methyl sites for hydroxylation is 1. The Kier molecular flexibility index (Phi) is 3.28. The van der Waals surface area contributed by atoms with Crippen LogP contribution in [-0.4, -0.2) is 29.2 Å². The number of rotatable bonds is 1. The summed E-state index contributed by atoms with van der Waals surface area (Å²) in [6.07, 6.45) is -4.09. The average Bonchev–Trinajstić information content (AvgIpc) is 3.11. The van der Waals surface area contributed by atoms with Gasteiger partial charge >= 0.3 is 6.18 Å². The first-order valence-electron chi connectivity index (χ1n) is 7.89. The molecule has 25 heavy (non-hydrogen) atoms. The van der Waals surface area contributed by atoms with Crippen molar-refractivity contribution in [1.82, 2.24) is 10.2 Å². The highest BCUT2D eigenvalue weighted by Crippen LogP contribution is 2.46. The molecule has 1 N–H and O–H groups in total. The van der Waals surface area contributed by atoms with Crippen LogP contribution in [0.5, 0.6) is 0 Å². The van der Waals surface area contributed by atoms with Crippen LogP contribution in [0, 0.1) is 6.92 Å². The van der Waals surface area contributed by atoms with Gasteiger partial charge in [-0.2, -0.15) is 18.3 Å². The van der Waals surface area contributed by atoms with Gasteiger partial charge in [0.2, 0.25) is 5.91 Å². The van der Waals surface area contributed by atoms with E-state index in [0.29, 0.717) is 13.0 Å². The van der Waals surface area contributed by atoms with Gasteiger partial charge in [-0.3, -0.25) is 4.79 Å². The second kappa shape index (κ2) is 5.18. The van der Waals surface area contributed by atoms with E-state index in [2.05, 4.69) is 15.5 Å². The second-order valence-electron chi connectivity index (χ2n) is 6.47. The van der Waals surface area contributed by atoms with Crippen LogP contribution >= 0.6 is 0 Å². The Bertz CT molecular complexity index is 867. The van der Waals surface area contributed by atoms with E-state index in [1.165, 1.54) is 11.8 Å². The molecule has 0 bridgehead atoms. The number of halogens is 3. The molecule has 1 spiro atoms. The van der Waals surface area contributed by atoms with E-state index < -0.39 is 17.2 Å². The smallest absolute Gasteiger partial charge is 0.353 e. The molecule has 0 saturated carbocycles. The summed E-state index contributed by atoms with van der Waals surface area (Å²) in [6.45, 7) is 1.93. The molecule has 8 heteroatoms. The van der Waals surface area contributed by atoms with E-state index in [0.717, 1.165) is 17.3 Å². The molecule has 2 aliphatic heterocycles. The molecule has 1 atom stereocenters. The highest BCUT2D eigenvalue weighted by Gasteiger charge is 2.52. The normalized spacial score (nSPS) is 22.4. The third kappa shape index (κ3) is 2.35. The molecule has 3 heterocycles. The van der Waals surface area contributed by atoms with Crippen molar-refractivity contribution in [2.45, 2.75) is 24.9 Å². The molecule has 2 aromatic rings. The molecular weight excluding hydrogens is 333 g/mol. The summed E-state index contributed by atoms with van der Waals surface area (Å²) >= 11 is 0. The van der Waals surface area contributed by atoms with Crippen LogP contribution in [-0.2, 0) is 16.4 Å². The fraction of sp³-hybridized carbons (Fsp3) is 0.353. The molecule has 1 aromatic heterocycles. The quantitative estimate of drug-likeness (QED) is 0.861. The third-order valence-electron chi connectivity index (χ3n) is 4.90. The summed E-state index contributed by atoms with van der Waals surface area (Å²) < 4.78 is 40.2. The van der Waals surface area contributed by atoms with Gasteiger partial charge in [0.1, 0.15) is 5.56 Å². The minimum Gasteiger partial charge on any atom is -0.353 e. The van der Waals surface area contributed by atoms with Gasteiger partial charge in [0, 0.05) is 18.8 Å². The summed E-state index contributed by atoms with van der Waals surface area (Å²) in [5.74, 6) is -0.392. The number of amides is 1. The second-order valence-corrected chi connectivity index (χ2v) is 6.47. The zero-order chi connectivity index (χ0) is 17.8. The monoisotopic (exact) mass is 348 g/mol. The number of hydrogen-bond donors (Lipinski definition) is 1. The van der Waals surface area contributed by atoms with Crippen molar-refractivity contribution in [2.75, 3.05) is 23.3 Å². The number of fused-ring (bicyclic) bond motifs is 2. The highest BCUT2D eigenvalue weighted by atomic mass is 19.4. The van der Waals surface area contributed by atoms with Crippen LogP contribution < -0.4 is 10.2 Å². The van der Waals surface area contributed by atoms with Crippen molar-refractivity contribution >= 4 is 17.4 Å². The molecule has 1 fully saturated rings. The van der Waals surface area contributed by atoms with Crippen LogP contribution in [0.3, 0.4) is 0 Å². The van der Waals surface area contributed by atoms with Gasteiger partial charge in [0.15, 0.2) is 5.82 Å². The van der Waals surface area contributed by atoms with Crippen molar-refractivity contribution in [3.8, 4) is 0 Å². The first kappa shape index (κ1) is 15.9. The topological polar surface area (TPSA) is 58.1 Å². The molecule has 0 aliphatic carbocycles. The maximum Gasteiger partial charge on any atom is 0.420 e. The standard InChI is InChI=1S/C17H15F3N4O/c1-10-8-12(17(18,19)20)14(23-22-10)24-7-6-16(9-24)11-4-2-3-5-13(11)21-15(16)25/h2-5,8H,6-7,9H2,1H3,(H,21,25). The number of carbonyl (C=O) groups excluding carboxylic acids is 1. The summed E-state index contributed by atoms with van der Waals surface area (Å²) in [5, 5.41) is 10.4. The number of aromatic nitrogens is 2. The van der Waals surface area contributed by atoms with E-state index in [4.69, 9.17) is 0 Å². The van der Waals surface area contributed by atoms with E-state index in [1.807, 2.05) is 18.2 Å². The summed E-state index contributed by atoms with van der Waals surface area (Å²) in [6, 6.07) is 8.30. The number of nitrogens with one attached hydrogen (secondary N) is 1. The van der Waals surface area contributed by atoms with E-state index >= 15 is 0 Å². The number of para-hydroxylation sites is 1. The Morgan fingerprint density at radius 2 is 2.00 bits per heavy atom. The predicted octanol–water partition coefficient (Wildman–Crippen LogP) is 2.90. The number of alkyl halides is 3. The third-order valence-corrected chi connectivity index (χ3v) is 4.90. The average molecular weight is 348 g/mol. The van der Waals surface area contributed by atoms with Gasteiger partial charge < -0.3 is 10.2 Å². The maximum atomic E-state index is 13.4. The molecule has 5 nitrogen and oxygen atoms in total. The van der Waals surface area contributed by atoms with Gasteiger partial charge in [-0.15, -0.1) is 5.10 Å². The Balaban J connectivity index is 1.74. The van der Waals surface area contributed by atoms with Crippen LogP contribution in [0.15, 0.2) is 30.3 Å². The first-order chi connectivity index (χ1) is 11.8. The Labute approximate surface area is 141 Å². The summed E-state index contributed by atoms with van der Waals surface area (Å²) in [4.78, 5) is 14.1. The van der Waals surface area contributed by atoms with E-state index in [1.54, 1.807) is 6.07 Å². The molecule has 1 saturated heterocycles. The number of carbonyl (C=O) groups is 1. The number of anilines is 2. The largest absolute Gasteiger partial charge is 0.420 e. The maximum absolute atomic E-state index is 13.4. The number of hydrogen-bond acceptors (Lipinski definition) is 4. The predicted molar refractivity (Wildman–Crippen MR) is 85.4 cm³/mol. The zero-order valence-electron chi connectivity index (χ0n) is 13.4. The molecule has 130 valence electrons. The van der Waals surface area contributed by atoms with Gasteiger partial charge in [0.25, 0.3) is 0 Å². The minimum absolute atomic E-state index is 0.149. The lowest BCUT2D eigenvalue weighted by Gasteiger charge is -2.24. The van der Waals surface area contributed by atoms with Gasteiger partial charge in [-0.05, 0) is 31.0 Å². The number of benzene rings is 1. The lowest BCUT2D eigenvalue weighted by atomic mass is 9.81. The van der Waals surface area contributed by atoms with Crippen molar-refractivity contribution in [3.05, 3.63) is 47.2 Å². The molecular formula is C17H15F3N4O. The van der Waals surface area contributed by atoms with Crippen molar-refractivity contribution in [3.63, 3.8) is 0 Å². The van der Waals surface area contributed by atoms with Gasteiger partial charge in [-0.25, -0.2) is 0 Å². The van der Waals surface area contributed by atoms with E-state index in [-0.39, 0.29) is 24.0 Å². The van der Waals surface area contributed by atoms with Crippen molar-refractivity contribution in [1.29, 1.82) is 0 Å². The first-order valence-corrected chi connectivity index (χ1v) is 7.89. The molecule has 0 radical (unpaired) electrons. The fourth-order valence-corrected chi connectivity index (χ4v) is 3.69. The molecule has 1 amide bonds. The Morgan fingerprint density at radius 1 is 1.24 bits per heavy atom. The lowest BCUT2D eigenvalue weighted by molar-refractivity contribution is -0.137. The van der Waals surface area contributed by atoms with Crippen molar-refractivity contribution in [2.24, 2.45) is 0 Å². The molecule has 4 rings (SSSR count). The molecule has 2 aliphatic rings. The summed E-state index contributed by atoms with van der Waals surface area (Å²) in [5.41, 5.74) is 0.0978. The van der Waals surface area contributed by atoms with E-state index in [9.17, 15) is 18.0 Å². The summed E-state index contributed by atoms with van der Waals surface area (Å²) in [7, 11) is 0. The number of nitrogens with zero attached hydrogens (tertiary/aromatic N) is 3. The van der Waals surface area contributed by atoms with Gasteiger partial charge in [-0.1, -0.05) is 18.2 Å². The van der Waals surface area contributed by atoms with Crippen LogP contribution in [0.1, 0.15) is 23.2 Å².